The van der Waals surface area contributed by atoms with Crippen LogP contribution < -0.4 is 4.90 Å². The van der Waals surface area contributed by atoms with Crippen LogP contribution in [0, 0.1) is 11.7 Å². The summed E-state index contributed by atoms with van der Waals surface area (Å²) in [6, 6.07) is 7.19. The van der Waals surface area contributed by atoms with Gasteiger partial charge in [0.2, 0.25) is 0 Å². The predicted octanol–water partition coefficient (Wildman–Crippen LogP) is 3.57. The molecule has 2 fully saturated rings. The molecule has 3 heterocycles. The second-order valence-corrected chi connectivity index (χ2v) is 8.32. The zero-order valence-corrected chi connectivity index (χ0v) is 15.9. The van der Waals surface area contributed by atoms with Crippen molar-refractivity contribution in [2.24, 2.45) is 5.92 Å². The largest absolute Gasteiger partial charge is 0.378 e. The van der Waals surface area contributed by atoms with Crippen LogP contribution >= 0.6 is 11.3 Å². The van der Waals surface area contributed by atoms with E-state index < -0.39 is 0 Å². The standard InChI is InChI=1S/C20H26FN3OS/c21-19-4-2-1-3-17(19)13-16-5-7-23(8-6-16)15-18-14-22-20(26-18)24-9-11-25-12-10-24/h1-4,14,16H,5-13,15H2. The van der Waals surface area contributed by atoms with E-state index in [2.05, 4.69) is 14.8 Å². The van der Waals surface area contributed by atoms with Crippen molar-refractivity contribution < 1.29 is 9.13 Å². The van der Waals surface area contributed by atoms with Gasteiger partial charge in [-0.25, -0.2) is 9.37 Å². The summed E-state index contributed by atoms with van der Waals surface area (Å²) < 4.78 is 19.2. The number of hydrogen-bond donors (Lipinski definition) is 0. The van der Waals surface area contributed by atoms with Crippen LogP contribution in [0.3, 0.4) is 0 Å². The molecule has 26 heavy (non-hydrogen) atoms. The summed E-state index contributed by atoms with van der Waals surface area (Å²) in [4.78, 5) is 10.8. The zero-order chi connectivity index (χ0) is 17.8. The fourth-order valence-electron chi connectivity index (χ4n) is 3.82. The first-order chi connectivity index (χ1) is 12.8. The number of thiazole rings is 1. The van der Waals surface area contributed by atoms with E-state index in [1.807, 2.05) is 18.3 Å². The molecular formula is C20H26FN3OS. The van der Waals surface area contributed by atoms with Crippen LogP contribution in [0.25, 0.3) is 0 Å². The van der Waals surface area contributed by atoms with E-state index in [1.54, 1.807) is 23.5 Å². The number of hydrogen-bond acceptors (Lipinski definition) is 5. The minimum absolute atomic E-state index is 0.0600. The maximum Gasteiger partial charge on any atom is 0.185 e. The molecule has 4 rings (SSSR count). The van der Waals surface area contributed by atoms with E-state index in [-0.39, 0.29) is 5.82 Å². The molecule has 1 aromatic carbocycles. The highest BCUT2D eigenvalue weighted by Crippen LogP contribution is 2.27. The minimum atomic E-state index is -0.0600. The van der Waals surface area contributed by atoms with E-state index >= 15 is 0 Å². The van der Waals surface area contributed by atoms with Gasteiger partial charge in [0.1, 0.15) is 5.82 Å². The molecule has 0 aliphatic carbocycles. The molecule has 0 radical (unpaired) electrons. The molecule has 0 atom stereocenters. The Morgan fingerprint density at radius 3 is 2.65 bits per heavy atom. The van der Waals surface area contributed by atoms with Crippen molar-refractivity contribution in [3.8, 4) is 0 Å². The topological polar surface area (TPSA) is 28.6 Å². The monoisotopic (exact) mass is 375 g/mol. The molecule has 0 unspecified atom stereocenters. The fraction of sp³-hybridized carbons (Fsp3) is 0.550. The van der Waals surface area contributed by atoms with Gasteiger partial charge in [0.05, 0.1) is 13.2 Å². The van der Waals surface area contributed by atoms with E-state index in [0.29, 0.717) is 5.92 Å². The van der Waals surface area contributed by atoms with Crippen LogP contribution in [0.15, 0.2) is 30.5 Å². The molecule has 2 aromatic rings. The number of nitrogens with zero attached hydrogens (tertiary/aromatic N) is 3. The Morgan fingerprint density at radius 1 is 1.12 bits per heavy atom. The third kappa shape index (κ3) is 4.42. The van der Waals surface area contributed by atoms with Gasteiger partial charge in [-0.3, -0.25) is 4.90 Å². The van der Waals surface area contributed by atoms with Crippen molar-refractivity contribution in [1.82, 2.24) is 9.88 Å². The van der Waals surface area contributed by atoms with Crippen molar-refractivity contribution in [3.05, 3.63) is 46.7 Å². The van der Waals surface area contributed by atoms with E-state index in [9.17, 15) is 4.39 Å². The third-order valence-electron chi connectivity index (χ3n) is 5.38. The van der Waals surface area contributed by atoms with Gasteiger partial charge in [-0.1, -0.05) is 18.2 Å². The molecule has 2 saturated heterocycles. The molecule has 0 bridgehead atoms. The number of ether oxygens (including phenoxy) is 1. The lowest BCUT2D eigenvalue weighted by atomic mass is 9.90. The molecule has 2 aliphatic rings. The van der Waals surface area contributed by atoms with Crippen LogP contribution in [0.4, 0.5) is 9.52 Å². The lowest BCUT2D eigenvalue weighted by Gasteiger charge is -2.31. The number of anilines is 1. The molecule has 140 valence electrons. The van der Waals surface area contributed by atoms with E-state index in [4.69, 9.17) is 4.74 Å². The van der Waals surface area contributed by atoms with Gasteiger partial charge < -0.3 is 9.64 Å². The van der Waals surface area contributed by atoms with Crippen LogP contribution in [0.1, 0.15) is 23.3 Å². The first kappa shape index (κ1) is 17.9. The predicted molar refractivity (Wildman–Crippen MR) is 103 cm³/mol. The molecular weight excluding hydrogens is 349 g/mol. The van der Waals surface area contributed by atoms with Gasteiger partial charge in [0.15, 0.2) is 5.13 Å². The van der Waals surface area contributed by atoms with Crippen molar-refractivity contribution in [1.29, 1.82) is 0 Å². The van der Waals surface area contributed by atoms with Gasteiger partial charge in [-0.2, -0.15) is 0 Å². The summed E-state index contributed by atoms with van der Waals surface area (Å²) in [6.07, 6.45) is 5.18. The van der Waals surface area contributed by atoms with Crippen molar-refractivity contribution in [2.75, 3.05) is 44.3 Å². The summed E-state index contributed by atoms with van der Waals surface area (Å²) in [6.45, 7) is 6.62. The molecule has 2 aliphatic heterocycles. The number of piperidine rings is 1. The van der Waals surface area contributed by atoms with E-state index in [0.717, 1.165) is 75.9 Å². The number of halogens is 1. The first-order valence-electron chi connectivity index (χ1n) is 9.51. The summed E-state index contributed by atoms with van der Waals surface area (Å²) >= 11 is 1.81. The molecule has 0 amide bonds. The van der Waals surface area contributed by atoms with E-state index in [1.165, 1.54) is 4.88 Å². The first-order valence-corrected chi connectivity index (χ1v) is 10.3. The van der Waals surface area contributed by atoms with Crippen LogP contribution in [-0.2, 0) is 17.7 Å². The quantitative estimate of drug-likeness (QED) is 0.799. The fourth-order valence-corrected chi connectivity index (χ4v) is 4.82. The van der Waals surface area contributed by atoms with Gasteiger partial charge in [0.25, 0.3) is 0 Å². The number of aromatic nitrogens is 1. The van der Waals surface area contributed by atoms with Gasteiger partial charge in [-0.05, 0) is 49.9 Å². The second kappa shape index (κ2) is 8.46. The maximum atomic E-state index is 13.8. The molecule has 6 heteroatoms. The molecule has 0 saturated carbocycles. The number of benzene rings is 1. The molecule has 1 aromatic heterocycles. The number of morpholine rings is 1. The zero-order valence-electron chi connectivity index (χ0n) is 15.1. The van der Waals surface area contributed by atoms with Crippen molar-refractivity contribution in [2.45, 2.75) is 25.8 Å². The van der Waals surface area contributed by atoms with Gasteiger partial charge in [-0.15, -0.1) is 11.3 Å². The third-order valence-corrected chi connectivity index (χ3v) is 6.42. The average molecular weight is 376 g/mol. The molecule has 0 spiro atoms. The Labute approximate surface area is 158 Å². The minimum Gasteiger partial charge on any atom is -0.378 e. The van der Waals surface area contributed by atoms with Crippen molar-refractivity contribution in [3.63, 3.8) is 0 Å². The Morgan fingerprint density at radius 2 is 1.88 bits per heavy atom. The van der Waals surface area contributed by atoms with Crippen LogP contribution in [-0.4, -0.2) is 49.3 Å². The van der Waals surface area contributed by atoms with Crippen LogP contribution in [0.5, 0.6) is 0 Å². The molecule has 0 N–H and O–H groups in total. The van der Waals surface area contributed by atoms with Crippen molar-refractivity contribution >= 4 is 16.5 Å². The lowest BCUT2D eigenvalue weighted by Crippen LogP contribution is -2.36. The highest BCUT2D eigenvalue weighted by Gasteiger charge is 2.22. The number of likely N-dealkylation sites (tertiary alicyclic amines) is 1. The Kier molecular flexibility index (Phi) is 5.82. The average Bonchev–Trinajstić information content (AvgIpc) is 3.14. The van der Waals surface area contributed by atoms with Crippen LogP contribution in [0.2, 0.25) is 0 Å². The summed E-state index contributed by atoms with van der Waals surface area (Å²) in [7, 11) is 0. The lowest BCUT2D eigenvalue weighted by molar-refractivity contribution is 0.122. The summed E-state index contributed by atoms with van der Waals surface area (Å²) in [5.74, 6) is 0.531. The highest BCUT2D eigenvalue weighted by atomic mass is 32.1. The SMILES string of the molecule is Fc1ccccc1CC1CCN(Cc2cnc(N3CCOCC3)s2)CC1. The molecule has 4 nitrogen and oxygen atoms in total. The number of rotatable bonds is 5. The maximum absolute atomic E-state index is 13.8. The summed E-state index contributed by atoms with van der Waals surface area (Å²) in [5, 5.41) is 1.12. The second-order valence-electron chi connectivity index (χ2n) is 7.22. The highest BCUT2D eigenvalue weighted by molar-refractivity contribution is 7.15. The Bertz CT molecular complexity index is 709. The Balaban J connectivity index is 1.26. The summed E-state index contributed by atoms with van der Waals surface area (Å²) in [5.41, 5.74) is 0.864. The Hall–Kier alpha value is -1.50. The van der Waals surface area contributed by atoms with Gasteiger partial charge in [0, 0.05) is 30.7 Å². The van der Waals surface area contributed by atoms with Gasteiger partial charge >= 0.3 is 0 Å². The normalized spacial score (nSPS) is 19.8. The smallest absolute Gasteiger partial charge is 0.185 e.